The third kappa shape index (κ3) is 4.36. The number of hydrogen-bond donors (Lipinski definition) is 1. The highest BCUT2D eigenvalue weighted by Crippen LogP contribution is 2.21. The summed E-state index contributed by atoms with van der Waals surface area (Å²) in [5.74, 6) is 1.93. The number of rotatable bonds is 6. The van der Waals surface area contributed by atoms with Crippen molar-refractivity contribution in [3.63, 3.8) is 0 Å². The van der Waals surface area contributed by atoms with Crippen LogP contribution < -0.4 is 10.1 Å². The third-order valence-electron chi connectivity index (χ3n) is 3.61. The van der Waals surface area contributed by atoms with Gasteiger partial charge in [0.1, 0.15) is 18.4 Å². The Kier molecular flexibility index (Phi) is 4.95. The number of nitriles is 1. The molecule has 0 aliphatic rings. The first-order valence-corrected chi connectivity index (χ1v) is 7.92. The average molecular weight is 334 g/mol. The molecule has 3 rings (SSSR count). The molecular weight excluding hydrogens is 316 g/mol. The van der Waals surface area contributed by atoms with Crippen molar-refractivity contribution < 1.29 is 9.26 Å². The van der Waals surface area contributed by atoms with Crippen molar-refractivity contribution in [3.05, 3.63) is 71.4 Å². The molecule has 6 nitrogen and oxygen atoms in total. The normalized spacial score (nSPS) is 11.6. The highest BCUT2D eigenvalue weighted by atomic mass is 16.5. The highest BCUT2D eigenvalue weighted by Gasteiger charge is 2.12. The monoisotopic (exact) mass is 334 g/mol. The number of nitrogens with zero attached hydrogens (tertiary/aromatic N) is 3. The maximum absolute atomic E-state index is 8.92. The summed E-state index contributed by atoms with van der Waals surface area (Å²) in [6.45, 7) is 4.16. The van der Waals surface area contributed by atoms with Crippen molar-refractivity contribution in [2.45, 2.75) is 26.5 Å². The quantitative estimate of drug-likeness (QED) is 0.733. The molecular formula is C19H18N4O2. The summed E-state index contributed by atoms with van der Waals surface area (Å²) in [5, 5.41) is 16.0. The maximum atomic E-state index is 8.92. The number of benzene rings is 2. The summed E-state index contributed by atoms with van der Waals surface area (Å²) < 4.78 is 10.9. The fourth-order valence-electron chi connectivity index (χ4n) is 2.35. The van der Waals surface area contributed by atoms with Gasteiger partial charge in [-0.25, -0.2) is 0 Å². The van der Waals surface area contributed by atoms with E-state index in [1.807, 2.05) is 49.4 Å². The third-order valence-corrected chi connectivity index (χ3v) is 3.61. The first-order valence-electron chi connectivity index (χ1n) is 7.92. The second-order valence-corrected chi connectivity index (χ2v) is 5.67. The SMILES string of the molecule is Cc1noc([C@@H](C)Nc2ccc(OCc3cccc(C#N)c3)cc2)n1. The minimum absolute atomic E-state index is 0.0818. The van der Waals surface area contributed by atoms with Gasteiger partial charge in [-0.2, -0.15) is 10.2 Å². The second-order valence-electron chi connectivity index (χ2n) is 5.67. The summed E-state index contributed by atoms with van der Waals surface area (Å²) in [6.07, 6.45) is 0. The van der Waals surface area contributed by atoms with Gasteiger partial charge in [-0.05, 0) is 55.8 Å². The molecule has 1 atom stereocenters. The molecule has 0 aliphatic heterocycles. The molecule has 0 radical (unpaired) electrons. The number of hydrogen-bond acceptors (Lipinski definition) is 6. The smallest absolute Gasteiger partial charge is 0.248 e. The van der Waals surface area contributed by atoms with Crippen LogP contribution in [0.4, 0.5) is 5.69 Å². The van der Waals surface area contributed by atoms with Crippen LogP contribution in [-0.2, 0) is 6.61 Å². The molecule has 25 heavy (non-hydrogen) atoms. The summed E-state index contributed by atoms with van der Waals surface area (Å²) in [6, 6.07) is 17.1. The molecule has 0 spiro atoms. The van der Waals surface area contributed by atoms with E-state index in [0.29, 0.717) is 23.9 Å². The number of anilines is 1. The molecule has 1 aromatic heterocycles. The van der Waals surface area contributed by atoms with Gasteiger partial charge in [0.2, 0.25) is 5.89 Å². The number of aryl methyl sites for hydroxylation is 1. The molecule has 126 valence electrons. The fraction of sp³-hybridized carbons (Fsp3) is 0.211. The van der Waals surface area contributed by atoms with E-state index in [9.17, 15) is 0 Å². The zero-order chi connectivity index (χ0) is 17.6. The second kappa shape index (κ2) is 7.49. The van der Waals surface area contributed by atoms with Crippen LogP contribution >= 0.6 is 0 Å². The van der Waals surface area contributed by atoms with E-state index in [1.54, 1.807) is 13.0 Å². The van der Waals surface area contributed by atoms with E-state index < -0.39 is 0 Å². The van der Waals surface area contributed by atoms with Gasteiger partial charge in [0.15, 0.2) is 5.82 Å². The van der Waals surface area contributed by atoms with E-state index in [1.165, 1.54) is 0 Å². The lowest BCUT2D eigenvalue weighted by Crippen LogP contribution is -2.07. The van der Waals surface area contributed by atoms with Gasteiger partial charge in [0.25, 0.3) is 0 Å². The summed E-state index contributed by atoms with van der Waals surface area (Å²) in [7, 11) is 0. The van der Waals surface area contributed by atoms with Gasteiger partial charge in [-0.1, -0.05) is 17.3 Å². The van der Waals surface area contributed by atoms with Crippen molar-refractivity contribution >= 4 is 5.69 Å². The van der Waals surface area contributed by atoms with Gasteiger partial charge < -0.3 is 14.6 Å². The fourth-order valence-corrected chi connectivity index (χ4v) is 2.35. The van der Waals surface area contributed by atoms with Crippen molar-refractivity contribution in [3.8, 4) is 11.8 Å². The van der Waals surface area contributed by atoms with Crippen LogP contribution in [0, 0.1) is 18.3 Å². The summed E-state index contributed by atoms with van der Waals surface area (Å²) >= 11 is 0. The van der Waals surface area contributed by atoms with Crippen molar-refractivity contribution in [1.82, 2.24) is 10.1 Å². The van der Waals surface area contributed by atoms with E-state index in [0.717, 1.165) is 17.0 Å². The molecule has 0 unspecified atom stereocenters. The van der Waals surface area contributed by atoms with Crippen LogP contribution in [-0.4, -0.2) is 10.1 Å². The zero-order valence-electron chi connectivity index (χ0n) is 14.1. The Morgan fingerprint density at radius 1 is 1.24 bits per heavy atom. The molecule has 0 bridgehead atoms. The van der Waals surface area contributed by atoms with Crippen LogP contribution in [0.15, 0.2) is 53.1 Å². The van der Waals surface area contributed by atoms with Crippen LogP contribution in [0.1, 0.15) is 35.8 Å². The first kappa shape index (κ1) is 16.5. The van der Waals surface area contributed by atoms with E-state index >= 15 is 0 Å². The predicted octanol–water partition coefficient (Wildman–Crippen LogP) is 4.00. The minimum atomic E-state index is -0.0818. The maximum Gasteiger partial charge on any atom is 0.248 e. The first-order chi connectivity index (χ1) is 12.1. The Hall–Kier alpha value is -3.33. The van der Waals surface area contributed by atoms with Gasteiger partial charge in [-0.15, -0.1) is 0 Å². The zero-order valence-corrected chi connectivity index (χ0v) is 14.1. The molecule has 0 amide bonds. The van der Waals surface area contributed by atoms with Crippen LogP contribution in [0.5, 0.6) is 5.75 Å². The van der Waals surface area contributed by atoms with Crippen molar-refractivity contribution in [1.29, 1.82) is 5.26 Å². The van der Waals surface area contributed by atoms with E-state index in [-0.39, 0.29) is 6.04 Å². The molecule has 1 N–H and O–H groups in total. The predicted molar refractivity (Wildman–Crippen MR) is 93.0 cm³/mol. The van der Waals surface area contributed by atoms with E-state index in [2.05, 4.69) is 21.5 Å². The lowest BCUT2D eigenvalue weighted by atomic mass is 10.1. The Balaban J connectivity index is 1.57. The largest absolute Gasteiger partial charge is 0.489 e. The molecule has 0 fully saturated rings. The molecule has 0 aliphatic carbocycles. The molecule has 3 aromatic rings. The highest BCUT2D eigenvalue weighted by molar-refractivity contribution is 5.47. The summed E-state index contributed by atoms with van der Waals surface area (Å²) in [4.78, 5) is 4.21. The van der Waals surface area contributed by atoms with Crippen LogP contribution in [0.25, 0.3) is 0 Å². The molecule has 0 saturated carbocycles. The van der Waals surface area contributed by atoms with Gasteiger partial charge in [-0.3, -0.25) is 0 Å². The van der Waals surface area contributed by atoms with Gasteiger partial charge in [0.05, 0.1) is 11.6 Å². The number of nitrogens with one attached hydrogen (secondary N) is 1. The van der Waals surface area contributed by atoms with Crippen LogP contribution in [0.2, 0.25) is 0 Å². The lowest BCUT2D eigenvalue weighted by molar-refractivity contribution is 0.306. The molecule has 0 saturated heterocycles. The van der Waals surface area contributed by atoms with Crippen LogP contribution in [0.3, 0.4) is 0 Å². The Labute approximate surface area is 146 Å². The molecule has 1 heterocycles. The Bertz CT molecular complexity index is 881. The Morgan fingerprint density at radius 3 is 2.72 bits per heavy atom. The van der Waals surface area contributed by atoms with Gasteiger partial charge in [0, 0.05) is 5.69 Å². The van der Waals surface area contributed by atoms with E-state index in [4.69, 9.17) is 14.5 Å². The summed E-state index contributed by atoms with van der Waals surface area (Å²) in [5.41, 5.74) is 2.52. The standard InChI is InChI=1S/C19H18N4O2/c1-13(19-22-14(2)23-25-19)21-17-6-8-18(9-7-17)24-12-16-5-3-4-15(10-16)11-20/h3-10,13,21H,12H2,1-2H3/t13-/m1/s1. The topological polar surface area (TPSA) is 84.0 Å². The van der Waals surface area contributed by atoms with Crippen molar-refractivity contribution in [2.75, 3.05) is 5.32 Å². The number of aromatic nitrogens is 2. The molecule has 2 aromatic carbocycles. The van der Waals surface area contributed by atoms with Gasteiger partial charge >= 0.3 is 0 Å². The number of ether oxygens (including phenoxy) is 1. The lowest BCUT2D eigenvalue weighted by Gasteiger charge is -2.12. The average Bonchev–Trinajstić information content (AvgIpc) is 3.08. The molecule has 6 heteroatoms. The van der Waals surface area contributed by atoms with Crippen molar-refractivity contribution in [2.24, 2.45) is 0 Å². The Morgan fingerprint density at radius 2 is 2.04 bits per heavy atom. The minimum Gasteiger partial charge on any atom is -0.489 e.